The molecule has 0 bridgehead atoms. The van der Waals surface area contributed by atoms with Gasteiger partial charge in [-0.15, -0.1) is 0 Å². The molecule has 4 heteroatoms. The van der Waals surface area contributed by atoms with Gasteiger partial charge >= 0.3 is 5.63 Å². The van der Waals surface area contributed by atoms with Gasteiger partial charge in [0.25, 0.3) is 5.56 Å². The molecule has 0 aromatic carbocycles. The van der Waals surface area contributed by atoms with E-state index in [1.165, 1.54) is 6.07 Å². The molecule has 2 heterocycles. The predicted molar refractivity (Wildman–Crippen MR) is 52.6 cm³/mol. The second-order valence-corrected chi connectivity index (χ2v) is 3.27. The fourth-order valence-electron chi connectivity index (χ4n) is 1.50. The van der Waals surface area contributed by atoms with E-state index in [4.69, 9.17) is 4.42 Å². The Balaban J connectivity index is 3.10. The van der Waals surface area contributed by atoms with E-state index < -0.39 is 5.63 Å². The van der Waals surface area contributed by atoms with E-state index in [1.807, 2.05) is 0 Å². The molecule has 72 valence electrons. The minimum absolute atomic E-state index is 0.221. The van der Waals surface area contributed by atoms with E-state index in [0.29, 0.717) is 22.2 Å². The maximum absolute atomic E-state index is 11.5. The number of nitrogens with one attached hydrogen (secondary N) is 1. The largest absolute Gasteiger partial charge is 0.422 e. The van der Waals surface area contributed by atoms with E-state index in [1.54, 1.807) is 19.9 Å². The minimum Gasteiger partial charge on any atom is -0.422 e. The second kappa shape index (κ2) is 2.83. The van der Waals surface area contributed by atoms with Crippen molar-refractivity contribution in [3.05, 3.63) is 44.2 Å². The molecule has 0 aliphatic carbocycles. The highest BCUT2D eigenvalue weighted by Gasteiger charge is 2.06. The molecule has 2 aromatic rings. The number of aromatic amines is 1. The first-order valence-corrected chi connectivity index (χ1v) is 4.22. The Morgan fingerprint density at radius 1 is 1.21 bits per heavy atom. The van der Waals surface area contributed by atoms with Gasteiger partial charge in [-0.3, -0.25) is 4.79 Å². The molecule has 1 N–H and O–H groups in total. The van der Waals surface area contributed by atoms with Gasteiger partial charge < -0.3 is 9.40 Å². The Hall–Kier alpha value is -1.84. The maximum Gasteiger partial charge on any atom is 0.336 e. The second-order valence-electron chi connectivity index (χ2n) is 3.27. The maximum atomic E-state index is 11.5. The van der Waals surface area contributed by atoms with Crippen LogP contribution in [0.3, 0.4) is 0 Å². The van der Waals surface area contributed by atoms with Crippen LogP contribution in [0.25, 0.3) is 11.0 Å². The zero-order valence-corrected chi connectivity index (χ0v) is 7.88. The summed E-state index contributed by atoms with van der Waals surface area (Å²) in [5.41, 5.74) is 1.01. The van der Waals surface area contributed by atoms with Crippen molar-refractivity contribution in [2.45, 2.75) is 13.8 Å². The van der Waals surface area contributed by atoms with Gasteiger partial charge in [0.05, 0.1) is 5.39 Å². The number of fused-ring (bicyclic) bond motifs is 1. The van der Waals surface area contributed by atoms with Gasteiger partial charge in [0.15, 0.2) is 0 Å². The lowest BCUT2D eigenvalue weighted by Crippen LogP contribution is -2.11. The molecule has 0 unspecified atom stereocenters. The summed E-state index contributed by atoms with van der Waals surface area (Å²) in [7, 11) is 0. The van der Waals surface area contributed by atoms with Crippen molar-refractivity contribution in [1.82, 2.24) is 4.98 Å². The van der Waals surface area contributed by atoms with Crippen molar-refractivity contribution in [2.75, 3.05) is 0 Å². The van der Waals surface area contributed by atoms with E-state index in [-0.39, 0.29) is 5.56 Å². The first kappa shape index (κ1) is 8.74. The Morgan fingerprint density at radius 3 is 2.64 bits per heavy atom. The molecule has 0 radical (unpaired) electrons. The lowest BCUT2D eigenvalue weighted by Gasteiger charge is -1.99. The van der Waals surface area contributed by atoms with Crippen LogP contribution in [0.15, 0.2) is 26.1 Å². The molecule has 0 amide bonds. The molecule has 4 nitrogen and oxygen atoms in total. The summed E-state index contributed by atoms with van der Waals surface area (Å²) in [6, 6.07) is 2.96. The first-order chi connectivity index (χ1) is 6.58. The number of H-pyrrole nitrogens is 1. The van der Waals surface area contributed by atoms with Gasteiger partial charge in [0.2, 0.25) is 0 Å². The van der Waals surface area contributed by atoms with E-state index in [9.17, 15) is 9.59 Å². The first-order valence-electron chi connectivity index (χ1n) is 4.22. The van der Waals surface area contributed by atoms with Crippen molar-refractivity contribution in [2.24, 2.45) is 0 Å². The Labute approximate surface area is 79.2 Å². The molecule has 0 spiro atoms. The highest BCUT2D eigenvalue weighted by atomic mass is 16.4. The normalized spacial score (nSPS) is 10.7. The molecule has 14 heavy (non-hydrogen) atoms. The van der Waals surface area contributed by atoms with E-state index >= 15 is 0 Å². The SMILES string of the molecule is Cc1cc2oc(=O)cc(C)c2c(=O)[nH]1. The van der Waals surface area contributed by atoms with Crippen molar-refractivity contribution in [3.8, 4) is 0 Å². The van der Waals surface area contributed by atoms with Crippen LogP contribution in [0, 0.1) is 13.8 Å². The van der Waals surface area contributed by atoms with Gasteiger partial charge in [-0.05, 0) is 19.4 Å². The third-order valence-corrected chi connectivity index (χ3v) is 2.07. The van der Waals surface area contributed by atoms with Crippen LogP contribution in [0.4, 0.5) is 0 Å². The molecule has 0 saturated heterocycles. The topological polar surface area (TPSA) is 63.1 Å². The van der Waals surface area contributed by atoms with Gasteiger partial charge in [-0.25, -0.2) is 4.79 Å². The third kappa shape index (κ3) is 1.25. The summed E-state index contributed by atoms with van der Waals surface area (Å²) in [6.45, 7) is 3.45. The predicted octanol–water partition coefficient (Wildman–Crippen LogP) is 1.10. The Morgan fingerprint density at radius 2 is 1.93 bits per heavy atom. The molecular formula is C10H9NO3. The molecular weight excluding hydrogens is 182 g/mol. The average molecular weight is 191 g/mol. The fraction of sp³-hybridized carbons (Fsp3) is 0.200. The molecule has 0 fully saturated rings. The summed E-state index contributed by atoms with van der Waals surface area (Å²) >= 11 is 0. The van der Waals surface area contributed by atoms with Crippen LogP contribution in [-0.2, 0) is 0 Å². The third-order valence-electron chi connectivity index (χ3n) is 2.07. The number of pyridine rings is 1. The smallest absolute Gasteiger partial charge is 0.336 e. The molecule has 0 aliphatic heterocycles. The zero-order valence-electron chi connectivity index (χ0n) is 7.88. The highest BCUT2D eigenvalue weighted by molar-refractivity contribution is 5.78. The van der Waals surface area contributed by atoms with Crippen LogP contribution in [0.1, 0.15) is 11.3 Å². The summed E-state index contributed by atoms with van der Waals surface area (Å²) < 4.78 is 4.93. The molecule has 0 aliphatic rings. The number of hydrogen-bond acceptors (Lipinski definition) is 3. The monoisotopic (exact) mass is 191 g/mol. The summed E-state index contributed by atoms with van der Waals surface area (Å²) in [5.74, 6) is 0. The van der Waals surface area contributed by atoms with Crippen LogP contribution < -0.4 is 11.2 Å². The lowest BCUT2D eigenvalue weighted by molar-refractivity contribution is 0.558. The van der Waals surface area contributed by atoms with Crippen LogP contribution in [-0.4, -0.2) is 4.98 Å². The number of hydrogen-bond donors (Lipinski definition) is 1. The highest BCUT2D eigenvalue weighted by Crippen LogP contribution is 2.11. The quantitative estimate of drug-likeness (QED) is 0.678. The average Bonchev–Trinajstić information content (AvgIpc) is 1.99. The zero-order chi connectivity index (χ0) is 10.3. The van der Waals surface area contributed by atoms with E-state index in [0.717, 1.165) is 0 Å². The van der Waals surface area contributed by atoms with Crippen molar-refractivity contribution in [3.63, 3.8) is 0 Å². The van der Waals surface area contributed by atoms with Crippen LogP contribution >= 0.6 is 0 Å². The molecule has 2 aromatic heterocycles. The van der Waals surface area contributed by atoms with Crippen molar-refractivity contribution in [1.29, 1.82) is 0 Å². The minimum atomic E-state index is -0.431. The van der Waals surface area contributed by atoms with Gasteiger partial charge in [0, 0.05) is 17.8 Å². The van der Waals surface area contributed by atoms with E-state index in [2.05, 4.69) is 4.98 Å². The van der Waals surface area contributed by atoms with Gasteiger partial charge in [-0.2, -0.15) is 0 Å². The van der Waals surface area contributed by atoms with Crippen molar-refractivity contribution < 1.29 is 4.42 Å². The number of aromatic nitrogens is 1. The van der Waals surface area contributed by atoms with Gasteiger partial charge in [0.1, 0.15) is 5.58 Å². The van der Waals surface area contributed by atoms with Gasteiger partial charge in [-0.1, -0.05) is 0 Å². The molecule has 0 atom stereocenters. The Bertz CT molecular complexity index is 607. The van der Waals surface area contributed by atoms with Crippen molar-refractivity contribution >= 4 is 11.0 Å². The molecule has 0 saturated carbocycles. The van der Waals surface area contributed by atoms with Crippen LogP contribution in [0.2, 0.25) is 0 Å². The standard InChI is InChI=1S/C10H9NO3/c1-5-3-8(12)14-7-4-6(2)11-10(13)9(5)7/h3-4H,1-2H3,(H,11,13). The molecule has 2 rings (SSSR count). The summed E-state index contributed by atoms with van der Waals surface area (Å²) in [4.78, 5) is 25.2. The summed E-state index contributed by atoms with van der Waals surface area (Å²) in [6.07, 6.45) is 0. The summed E-state index contributed by atoms with van der Waals surface area (Å²) in [5, 5.41) is 0.440. The number of aryl methyl sites for hydroxylation is 2. The lowest BCUT2D eigenvalue weighted by atomic mass is 10.2. The fourth-order valence-corrected chi connectivity index (χ4v) is 1.50. The van der Waals surface area contributed by atoms with Crippen LogP contribution in [0.5, 0.6) is 0 Å². The Kier molecular flexibility index (Phi) is 1.77. The number of rotatable bonds is 0.